The van der Waals surface area contributed by atoms with Gasteiger partial charge in [-0.15, -0.1) is 0 Å². The Hall–Kier alpha value is -2.30. The van der Waals surface area contributed by atoms with Crippen LogP contribution in [-0.4, -0.2) is 27.3 Å². The summed E-state index contributed by atoms with van der Waals surface area (Å²) in [5.41, 5.74) is 2.47. The van der Waals surface area contributed by atoms with Gasteiger partial charge >= 0.3 is 0 Å². The molecule has 5 heteroatoms. The number of carbonyl (C=O) groups excluding carboxylic acids is 1. The molecule has 22 heavy (non-hydrogen) atoms. The number of rotatable bonds is 3. The number of nitrogens with zero attached hydrogens (tertiary/aromatic N) is 3. The van der Waals surface area contributed by atoms with E-state index in [1.165, 1.54) is 12.1 Å². The van der Waals surface area contributed by atoms with Gasteiger partial charge in [-0.1, -0.05) is 12.1 Å². The van der Waals surface area contributed by atoms with E-state index in [-0.39, 0.29) is 17.8 Å². The van der Waals surface area contributed by atoms with Crippen LogP contribution in [0.15, 0.2) is 36.7 Å². The van der Waals surface area contributed by atoms with Gasteiger partial charge in [0.05, 0.1) is 23.6 Å². The fraction of sp³-hybridized carbons (Fsp3) is 0.353. The van der Waals surface area contributed by atoms with Gasteiger partial charge in [0.1, 0.15) is 5.82 Å². The monoisotopic (exact) mass is 299 g/mol. The number of carbonyl (C=O) groups is 1. The largest absolute Gasteiger partial charge is 0.334 e. The molecule has 2 aromatic rings. The minimum absolute atomic E-state index is 0.0115. The van der Waals surface area contributed by atoms with E-state index in [9.17, 15) is 9.18 Å². The van der Waals surface area contributed by atoms with Crippen molar-refractivity contribution in [3.8, 4) is 0 Å². The maximum Gasteiger partial charge on any atom is 0.220 e. The third-order valence-electron chi connectivity index (χ3n) is 3.98. The fourth-order valence-electron chi connectivity index (χ4n) is 2.98. The van der Waals surface area contributed by atoms with Crippen LogP contribution < -0.4 is 0 Å². The van der Waals surface area contributed by atoms with E-state index in [2.05, 4.69) is 9.97 Å². The summed E-state index contributed by atoms with van der Waals surface area (Å²) >= 11 is 0. The van der Waals surface area contributed by atoms with Gasteiger partial charge in [0, 0.05) is 26.1 Å². The summed E-state index contributed by atoms with van der Waals surface area (Å²) in [6.45, 7) is 2.36. The minimum Gasteiger partial charge on any atom is -0.334 e. The van der Waals surface area contributed by atoms with Gasteiger partial charge in [0.25, 0.3) is 0 Å². The highest BCUT2D eigenvalue weighted by atomic mass is 19.1. The van der Waals surface area contributed by atoms with E-state index in [4.69, 9.17) is 0 Å². The lowest BCUT2D eigenvalue weighted by Crippen LogP contribution is -2.28. The molecule has 0 saturated carbocycles. The molecule has 1 aromatic heterocycles. The lowest BCUT2D eigenvalue weighted by molar-refractivity contribution is -0.129. The van der Waals surface area contributed by atoms with Crippen molar-refractivity contribution >= 4 is 5.91 Å². The van der Waals surface area contributed by atoms with Gasteiger partial charge in [-0.25, -0.2) is 4.39 Å². The number of likely N-dealkylation sites (tertiary alicyclic amines) is 1. The summed E-state index contributed by atoms with van der Waals surface area (Å²) in [4.78, 5) is 22.4. The van der Waals surface area contributed by atoms with Crippen molar-refractivity contribution in [3.63, 3.8) is 0 Å². The molecule has 1 atom stereocenters. The summed E-state index contributed by atoms with van der Waals surface area (Å²) in [6.07, 6.45) is 5.85. The molecule has 1 amide bonds. The Morgan fingerprint density at radius 3 is 3.05 bits per heavy atom. The second-order valence-electron chi connectivity index (χ2n) is 5.61. The lowest BCUT2D eigenvalue weighted by atomic mass is 10.1. The molecule has 0 spiro atoms. The van der Waals surface area contributed by atoms with Crippen molar-refractivity contribution < 1.29 is 9.18 Å². The van der Waals surface area contributed by atoms with Crippen LogP contribution in [0.3, 0.4) is 0 Å². The Morgan fingerprint density at radius 1 is 1.41 bits per heavy atom. The Bertz CT molecular complexity index is 689. The van der Waals surface area contributed by atoms with Crippen molar-refractivity contribution in [1.82, 2.24) is 14.9 Å². The van der Waals surface area contributed by atoms with Crippen LogP contribution in [0, 0.1) is 5.82 Å². The molecule has 1 saturated heterocycles. The molecule has 1 fully saturated rings. The summed E-state index contributed by atoms with van der Waals surface area (Å²) in [6, 6.07) is 6.50. The Labute approximate surface area is 129 Å². The average Bonchev–Trinajstić information content (AvgIpc) is 2.97. The molecule has 3 rings (SSSR count). The predicted octanol–water partition coefficient (Wildman–Crippen LogP) is 2.89. The molecule has 4 nitrogen and oxygen atoms in total. The second kappa shape index (κ2) is 6.22. The molecule has 1 aliphatic rings. The average molecular weight is 299 g/mol. The molecule has 1 aliphatic heterocycles. The summed E-state index contributed by atoms with van der Waals surface area (Å²) in [5.74, 6) is -0.181. The minimum atomic E-state index is -0.250. The standard InChI is InChI=1S/C17H18FN3O/c1-12(22)21-7-3-6-17(21)16-11-19-10-15(20-16)9-13-4-2-5-14(18)8-13/h2,4-5,8,10-11,17H,3,6-7,9H2,1H3. The molecule has 0 bridgehead atoms. The number of hydrogen-bond donors (Lipinski definition) is 0. The van der Waals surface area contributed by atoms with E-state index < -0.39 is 0 Å². The maximum absolute atomic E-state index is 13.3. The van der Waals surface area contributed by atoms with E-state index >= 15 is 0 Å². The molecular weight excluding hydrogens is 281 g/mol. The van der Waals surface area contributed by atoms with E-state index in [1.807, 2.05) is 11.0 Å². The zero-order valence-corrected chi connectivity index (χ0v) is 12.5. The van der Waals surface area contributed by atoms with E-state index in [1.54, 1.807) is 25.4 Å². The first-order valence-corrected chi connectivity index (χ1v) is 7.46. The van der Waals surface area contributed by atoms with Gasteiger partial charge in [-0.2, -0.15) is 0 Å². The highest BCUT2D eigenvalue weighted by molar-refractivity contribution is 5.74. The fourth-order valence-corrected chi connectivity index (χ4v) is 2.98. The quantitative estimate of drug-likeness (QED) is 0.875. The van der Waals surface area contributed by atoms with Crippen LogP contribution in [-0.2, 0) is 11.2 Å². The van der Waals surface area contributed by atoms with Gasteiger partial charge in [0.2, 0.25) is 5.91 Å². The normalized spacial score (nSPS) is 17.7. The first kappa shape index (κ1) is 14.6. The highest BCUT2D eigenvalue weighted by Crippen LogP contribution is 2.30. The molecule has 1 unspecified atom stereocenters. The zero-order chi connectivity index (χ0) is 15.5. The number of halogens is 1. The van der Waals surface area contributed by atoms with E-state index in [0.29, 0.717) is 6.42 Å². The van der Waals surface area contributed by atoms with Crippen LogP contribution >= 0.6 is 0 Å². The Balaban J connectivity index is 1.82. The number of amides is 1. The van der Waals surface area contributed by atoms with Crippen LogP contribution in [0.25, 0.3) is 0 Å². The first-order chi connectivity index (χ1) is 10.6. The molecule has 114 valence electrons. The topological polar surface area (TPSA) is 46.1 Å². The summed E-state index contributed by atoms with van der Waals surface area (Å²) < 4.78 is 13.3. The maximum atomic E-state index is 13.3. The lowest BCUT2D eigenvalue weighted by Gasteiger charge is -2.22. The predicted molar refractivity (Wildman–Crippen MR) is 80.6 cm³/mol. The van der Waals surface area contributed by atoms with Crippen LogP contribution in [0.2, 0.25) is 0 Å². The molecule has 2 heterocycles. The molecular formula is C17H18FN3O. The first-order valence-electron chi connectivity index (χ1n) is 7.46. The molecule has 0 aliphatic carbocycles. The zero-order valence-electron chi connectivity index (χ0n) is 12.5. The van der Waals surface area contributed by atoms with Crippen molar-refractivity contribution in [2.75, 3.05) is 6.54 Å². The van der Waals surface area contributed by atoms with E-state index in [0.717, 1.165) is 36.3 Å². The van der Waals surface area contributed by atoms with Crippen LogP contribution in [0.1, 0.15) is 42.8 Å². The third-order valence-corrected chi connectivity index (χ3v) is 3.98. The Kier molecular flexibility index (Phi) is 4.13. The molecule has 1 aromatic carbocycles. The molecule has 0 radical (unpaired) electrons. The Morgan fingerprint density at radius 2 is 2.27 bits per heavy atom. The third kappa shape index (κ3) is 3.13. The number of hydrogen-bond acceptors (Lipinski definition) is 3. The molecule has 0 N–H and O–H groups in total. The van der Waals surface area contributed by atoms with Crippen LogP contribution in [0.4, 0.5) is 4.39 Å². The van der Waals surface area contributed by atoms with Gasteiger partial charge in [-0.3, -0.25) is 14.8 Å². The van der Waals surface area contributed by atoms with Gasteiger partial charge in [0.15, 0.2) is 0 Å². The summed E-state index contributed by atoms with van der Waals surface area (Å²) in [5, 5.41) is 0. The number of aromatic nitrogens is 2. The smallest absolute Gasteiger partial charge is 0.220 e. The summed E-state index contributed by atoms with van der Waals surface area (Å²) in [7, 11) is 0. The SMILES string of the molecule is CC(=O)N1CCCC1c1cncc(Cc2cccc(F)c2)n1. The second-order valence-corrected chi connectivity index (χ2v) is 5.61. The van der Waals surface area contributed by atoms with Crippen molar-refractivity contribution in [2.45, 2.75) is 32.2 Å². The van der Waals surface area contributed by atoms with Crippen molar-refractivity contribution in [2.24, 2.45) is 0 Å². The van der Waals surface area contributed by atoms with Crippen molar-refractivity contribution in [3.05, 3.63) is 59.4 Å². The van der Waals surface area contributed by atoms with Crippen LogP contribution in [0.5, 0.6) is 0 Å². The highest BCUT2D eigenvalue weighted by Gasteiger charge is 2.29. The number of benzene rings is 1. The van der Waals surface area contributed by atoms with Gasteiger partial charge in [-0.05, 0) is 30.5 Å². The van der Waals surface area contributed by atoms with Gasteiger partial charge < -0.3 is 4.90 Å². The van der Waals surface area contributed by atoms with Crippen molar-refractivity contribution in [1.29, 1.82) is 0 Å².